The Bertz CT molecular complexity index is 455. The highest BCUT2D eigenvalue weighted by molar-refractivity contribution is 5.86. The predicted molar refractivity (Wildman–Crippen MR) is 66.7 cm³/mol. The van der Waals surface area contributed by atoms with Gasteiger partial charge in [0.25, 0.3) is 0 Å². The van der Waals surface area contributed by atoms with Crippen LogP contribution in [0.2, 0.25) is 0 Å². The van der Waals surface area contributed by atoms with Crippen LogP contribution in [0.5, 0.6) is 0 Å². The summed E-state index contributed by atoms with van der Waals surface area (Å²) in [5, 5.41) is 0. The standard InChI is InChI=1S/C15H16/c1-11(2)8-9-14-12(3)10-13-6-4-5-7-15(13)14/h4-9H,3,10H2,1-2H3/b14-9+. The fourth-order valence-corrected chi connectivity index (χ4v) is 1.91. The molecule has 1 aromatic carbocycles. The molecule has 15 heavy (non-hydrogen) atoms. The van der Waals surface area contributed by atoms with E-state index in [0.717, 1.165) is 6.42 Å². The molecule has 0 radical (unpaired) electrons. The number of hydrogen-bond acceptors (Lipinski definition) is 0. The Labute approximate surface area is 91.6 Å². The monoisotopic (exact) mass is 196 g/mol. The Morgan fingerprint density at radius 1 is 1.27 bits per heavy atom. The average molecular weight is 196 g/mol. The van der Waals surface area contributed by atoms with Crippen LogP contribution in [0.25, 0.3) is 5.57 Å². The lowest BCUT2D eigenvalue weighted by Gasteiger charge is -1.99. The van der Waals surface area contributed by atoms with E-state index < -0.39 is 0 Å². The highest BCUT2D eigenvalue weighted by Gasteiger charge is 2.17. The lowest BCUT2D eigenvalue weighted by molar-refractivity contribution is 1.28. The van der Waals surface area contributed by atoms with Crippen molar-refractivity contribution in [3.05, 3.63) is 65.3 Å². The van der Waals surface area contributed by atoms with Crippen LogP contribution in [0.1, 0.15) is 25.0 Å². The summed E-state index contributed by atoms with van der Waals surface area (Å²) < 4.78 is 0. The van der Waals surface area contributed by atoms with Gasteiger partial charge in [-0.1, -0.05) is 48.6 Å². The summed E-state index contributed by atoms with van der Waals surface area (Å²) in [5.74, 6) is 0. The smallest absolute Gasteiger partial charge is 0.00193 e. The molecule has 0 atom stereocenters. The van der Waals surface area contributed by atoms with Gasteiger partial charge in [0.15, 0.2) is 0 Å². The first-order valence-electron chi connectivity index (χ1n) is 5.30. The summed E-state index contributed by atoms with van der Waals surface area (Å²) in [7, 11) is 0. The Hall–Kier alpha value is -1.56. The number of fused-ring (bicyclic) bond motifs is 1. The largest absolute Gasteiger partial charge is 0.0949 e. The van der Waals surface area contributed by atoms with E-state index in [1.165, 1.54) is 27.8 Å². The second kappa shape index (κ2) is 3.90. The van der Waals surface area contributed by atoms with Crippen LogP contribution in [-0.4, -0.2) is 0 Å². The SMILES string of the molecule is C=C1Cc2ccccc2/C1=C/C=C(C)C. The summed E-state index contributed by atoms with van der Waals surface area (Å²) in [5.41, 5.74) is 6.59. The van der Waals surface area contributed by atoms with E-state index in [4.69, 9.17) is 0 Å². The molecular weight excluding hydrogens is 180 g/mol. The zero-order chi connectivity index (χ0) is 10.8. The highest BCUT2D eigenvalue weighted by Crippen LogP contribution is 2.35. The first-order chi connectivity index (χ1) is 7.18. The number of allylic oxidation sites excluding steroid dienone is 5. The predicted octanol–water partition coefficient (Wildman–Crippen LogP) is 4.15. The van der Waals surface area contributed by atoms with Gasteiger partial charge in [0, 0.05) is 0 Å². The van der Waals surface area contributed by atoms with Gasteiger partial charge in [-0.15, -0.1) is 0 Å². The van der Waals surface area contributed by atoms with Crippen molar-refractivity contribution in [1.82, 2.24) is 0 Å². The maximum absolute atomic E-state index is 4.13. The zero-order valence-electron chi connectivity index (χ0n) is 9.38. The zero-order valence-corrected chi connectivity index (χ0v) is 9.38. The molecule has 0 heteroatoms. The van der Waals surface area contributed by atoms with Crippen LogP contribution < -0.4 is 0 Å². The molecule has 0 N–H and O–H groups in total. The third-order valence-electron chi connectivity index (χ3n) is 2.68. The Morgan fingerprint density at radius 2 is 2.00 bits per heavy atom. The van der Waals surface area contributed by atoms with Crippen molar-refractivity contribution in [1.29, 1.82) is 0 Å². The van der Waals surface area contributed by atoms with Gasteiger partial charge < -0.3 is 0 Å². The van der Waals surface area contributed by atoms with Crippen LogP contribution in [0.15, 0.2) is 54.1 Å². The van der Waals surface area contributed by atoms with Gasteiger partial charge in [-0.05, 0) is 42.5 Å². The number of hydrogen-bond donors (Lipinski definition) is 0. The number of rotatable bonds is 1. The minimum Gasteiger partial charge on any atom is -0.0949 e. The van der Waals surface area contributed by atoms with Gasteiger partial charge in [-0.2, -0.15) is 0 Å². The second-order valence-corrected chi connectivity index (χ2v) is 4.26. The average Bonchev–Trinajstić information content (AvgIpc) is 2.50. The summed E-state index contributed by atoms with van der Waals surface area (Å²) in [6.07, 6.45) is 5.34. The molecule has 0 bridgehead atoms. The van der Waals surface area contributed by atoms with Crippen LogP contribution in [-0.2, 0) is 6.42 Å². The Balaban J connectivity index is 2.47. The first-order valence-corrected chi connectivity index (χ1v) is 5.30. The lowest BCUT2D eigenvalue weighted by Crippen LogP contribution is -1.78. The molecule has 0 saturated heterocycles. The lowest BCUT2D eigenvalue weighted by atomic mass is 10.1. The van der Waals surface area contributed by atoms with E-state index in [2.05, 4.69) is 56.8 Å². The molecule has 76 valence electrons. The van der Waals surface area contributed by atoms with Crippen LogP contribution >= 0.6 is 0 Å². The molecule has 0 spiro atoms. The molecule has 0 aromatic heterocycles. The summed E-state index contributed by atoms with van der Waals surface area (Å²) in [6.45, 7) is 8.35. The van der Waals surface area contributed by atoms with E-state index >= 15 is 0 Å². The molecule has 1 aliphatic carbocycles. The molecular formula is C15H16. The third kappa shape index (κ3) is 1.94. The molecule has 1 aromatic rings. The molecule has 0 heterocycles. The molecule has 2 rings (SSSR count). The first kappa shape index (κ1) is 9.97. The van der Waals surface area contributed by atoms with Crippen molar-refractivity contribution >= 4 is 5.57 Å². The van der Waals surface area contributed by atoms with Crippen molar-refractivity contribution in [3.8, 4) is 0 Å². The third-order valence-corrected chi connectivity index (χ3v) is 2.68. The van der Waals surface area contributed by atoms with Crippen LogP contribution in [0, 0.1) is 0 Å². The van der Waals surface area contributed by atoms with Gasteiger partial charge >= 0.3 is 0 Å². The van der Waals surface area contributed by atoms with Gasteiger partial charge in [0.05, 0.1) is 0 Å². The maximum Gasteiger partial charge on any atom is -0.00193 e. The van der Waals surface area contributed by atoms with Crippen molar-refractivity contribution < 1.29 is 0 Å². The minimum atomic E-state index is 0.999. The summed E-state index contributed by atoms with van der Waals surface area (Å²) in [6, 6.07) is 8.55. The molecule has 0 aliphatic heterocycles. The molecule has 1 aliphatic rings. The van der Waals surface area contributed by atoms with E-state index in [-0.39, 0.29) is 0 Å². The molecule has 0 amide bonds. The van der Waals surface area contributed by atoms with Crippen molar-refractivity contribution in [3.63, 3.8) is 0 Å². The maximum atomic E-state index is 4.13. The topological polar surface area (TPSA) is 0 Å². The van der Waals surface area contributed by atoms with Gasteiger partial charge in [0.2, 0.25) is 0 Å². The van der Waals surface area contributed by atoms with E-state index in [0.29, 0.717) is 0 Å². The fourth-order valence-electron chi connectivity index (χ4n) is 1.91. The van der Waals surface area contributed by atoms with E-state index in [1.54, 1.807) is 0 Å². The Kier molecular flexibility index (Phi) is 2.59. The van der Waals surface area contributed by atoms with Crippen molar-refractivity contribution in [2.45, 2.75) is 20.3 Å². The molecule has 0 unspecified atom stereocenters. The highest BCUT2D eigenvalue weighted by atomic mass is 14.2. The van der Waals surface area contributed by atoms with E-state index in [9.17, 15) is 0 Å². The summed E-state index contributed by atoms with van der Waals surface area (Å²) >= 11 is 0. The van der Waals surface area contributed by atoms with Crippen LogP contribution in [0.4, 0.5) is 0 Å². The normalized spacial score (nSPS) is 16.7. The molecule has 0 saturated carbocycles. The van der Waals surface area contributed by atoms with Gasteiger partial charge in [-0.25, -0.2) is 0 Å². The van der Waals surface area contributed by atoms with E-state index in [1.807, 2.05) is 0 Å². The summed E-state index contributed by atoms with van der Waals surface area (Å²) in [4.78, 5) is 0. The minimum absolute atomic E-state index is 0.999. The second-order valence-electron chi connectivity index (χ2n) is 4.26. The number of benzene rings is 1. The molecule has 0 nitrogen and oxygen atoms in total. The van der Waals surface area contributed by atoms with Gasteiger partial charge in [0.1, 0.15) is 0 Å². The Morgan fingerprint density at radius 3 is 2.73 bits per heavy atom. The van der Waals surface area contributed by atoms with Crippen LogP contribution in [0.3, 0.4) is 0 Å². The quantitative estimate of drug-likeness (QED) is 0.633. The fraction of sp³-hybridized carbons (Fsp3) is 0.200. The molecule has 0 fully saturated rings. The van der Waals surface area contributed by atoms with Gasteiger partial charge in [-0.3, -0.25) is 0 Å². The van der Waals surface area contributed by atoms with Crippen molar-refractivity contribution in [2.24, 2.45) is 0 Å². The van der Waals surface area contributed by atoms with Crippen molar-refractivity contribution in [2.75, 3.05) is 0 Å².